The molecule has 0 spiro atoms. The molecule has 6 heteroatoms. The molecule has 0 amide bonds. The van der Waals surface area contributed by atoms with Crippen LogP contribution in [-0.4, -0.2) is 23.7 Å². The van der Waals surface area contributed by atoms with E-state index in [0.717, 1.165) is 11.3 Å². The first-order valence-electron chi connectivity index (χ1n) is 6.34. The van der Waals surface area contributed by atoms with E-state index in [-0.39, 0.29) is 6.04 Å². The number of hydrazine groups is 1. The van der Waals surface area contributed by atoms with Gasteiger partial charge in [0.05, 0.1) is 19.8 Å². The fourth-order valence-electron chi connectivity index (χ4n) is 2.01. The van der Waals surface area contributed by atoms with E-state index in [1.165, 1.54) is 0 Å². The van der Waals surface area contributed by atoms with Crippen molar-refractivity contribution in [1.82, 2.24) is 15.4 Å². The van der Waals surface area contributed by atoms with Crippen LogP contribution in [0.25, 0.3) is 0 Å². The van der Waals surface area contributed by atoms with E-state index in [0.29, 0.717) is 18.2 Å². The molecule has 0 aliphatic heterocycles. The van der Waals surface area contributed by atoms with E-state index < -0.39 is 0 Å². The van der Waals surface area contributed by atoms with Crippen LogP contribution < -0.4 is 20.7 Å². The van der Waals surface area contributed by atoms with E-state index in [2.05, 4.69) is 15.4 Å². The number of nitrogens with zero attached hydrogens (tertiary/aromatic N) is 2. The van der Waals surface area contributed by atoms with Crippen LogP contribution in [0.5, 0.6) is 11.6 Å². The predicted octanol–water partition coefficient (Wildman–Crippen LogP) is 1.44. The Morgan fingerprint density at radius 2 is 2.00 bits per heavy atom. The SMILES string of the molecule is CCOc1ccccc1C(NN)c1nccnc1OC. The number of hydrogen-bond acceptors (Lipinski definition) is 6. The lowest BCUT2D eigenvalue weighted by molar-refractivity contribution is 0.332. The van der Waals surface area contributed by atoms with Gasteiger partial charge in [-0.05, 0) is 13.0 Å². The number of rotatable bonds is 6. The van der Waals surface area contributed by atoms with Crippen LogP contribution in [0, 0.1) is 0 Å². The Bertz CT molecular complexity index is 562. The number of nitrogens with one attached hydrogen (secondary N) is 1. The smallest absolute Gasteiger partial charge is 0.237 e. The van der Waals surface area contributed by atoms with Crippen molar-refractivity contribution in [2.24, 2.45) is 5.84 Å². The number of benzene rings is 1. The average molecular weight is 274 g/mol. The Kier molecular flexibility index (Phi) is 4.86. The van der Waals surface area contributed by atoms with Gasteiger partial charge in [0.25, 0.3) is 0 Å². The third-order valence-corrected chi connectivity index (χ3v) is 2.85. The van der Waals surface area contributed by atoms with Crippen molar-refractivity contribution in [3.8, 4) is 11.6 Å². The van der Waals surface area contributed by atoms with Gasteiger partial charge in [0, 0.05) is 18.0 Å². The van der Waals surface area contributed by atoms with Gasteiger partial charge in [-0.25, -0.2) is 10.4 Å². The minimum Gasteiger partial charge on any atom is -0.494 e. The molecule has 1 aromatic heterocycles. The van der Waals surface area contributed by atoms with E-state index in [4.69, 9.17) is 15.3 Å². The molecule has 0 bridgehead atoms. The molecule has 0 saturated carbocycles. The van der Waals surface area contributed by atoms with Gasteiger partial charge in [0.1, 0.15) is 11.4 Å². The highest BCUT2D eigenvalue weighted by molar-refractivity contribution is 5.41. The number of para-hydroxylation sites is 1. The van der Waals surface area contributed by atoms with Crippen molar-refractivity contribution < 1.29 is 9.47 Å². The first-order chi connectivity index (χ1) is 9.81. The van der Waals surface area contributed by atoms with Crippen LogP contribution in [-0.2, 0) is 0 Å². The lowest BCUT2D eigenvalue weighted by atomic mass is 10.0. The van der Waals surface area contributed by atoms with Crippen molar-refractivity contribution in [1.29, 1.82) is 0 Å². The summed E-state index contributed by atoms with van der Waals surface area (Å²) in [6.07, 6.45) is 3.18. The van der Waals surface area contributed by atoms with Crippen LogP contribution in [0.1, 0.15) is 24.2 Å². The largest absolute Gasteiger partial charge is 0.494 e. The maximum absolute atomic E-state index is 5.70. The summed E-state index contributed by atoms with van der Waals surface area (Å²) < 4.78 is 10.9. The maximum Gasteiger partial charge on any atom is 0.237 e. The minimum atomic E-state index is -0.360. The molecule has 0 saturated heterocycles. The molecular formula is C14H18N4O2. The first kappa shape index (κ1) is 14.2. The second-order valence-electron chi connectivity index (χ2n) is 4.02. The Balaban J connectivity index is 2.47. The molecule has 1 heterocycles. The number of nitrogens with two attached hydrogens (primary N) is 1. The molecule has 6 nitrogen and oxygen atoms in total. The summed E-state index contributed by atoms with van der Waals surface area (Å²) in [4.78, 5) is 8.46. The maximum atomic E-state index is 5.70. The van der Waals surface area contributed by atoms with Gasteiger partial charge < -0.3 is 9.47 Å². The summed E-state index contributed by atoms with van der Waals surface area (Å²) in [6, 6.07) is 7.30. The van der Waals surface area contributed by atoms with Gasteiger partial charge in [-0.1, -0.05) is 18.2 Å². The normalized spacial score (nSPS) is 11.9. The zero-order valence-electron chi connectivity index (χ0n) is 11.5. The van der Waals surface area contributed by atoms with E-state index in [1.54, 1.807) is 19.5 Å². The topological polar surface area (TPSA) is 82.3 Å². The van der Waals surface area contributed by atoms with Crippen molar-refractivity contribution >= 4 is 0 Å². The summed E-state index contributed by atoms with van der Waals surface area (Å²) in [5.74, 6) is 6.88. The summed E-state index contributed by atoms with van der Waals surface area (Å²) in [6.45, 7) is 2.51. The predicted molar refractivity (Wildman–Crippen MR) is 75.4 cm³/mol. The summed E-state index contributed by atoms with van der Waals surface area (Å²) >= 11 is 0. The van der Waals surface area contributed by atoms with Crippen molar-refractivity contribution in [2.75, 3.05) is 13.7 Å². The first-order valence-corrected chi connectivity index (χ1v) is 6.34. The Morgan fingerprint density at radius 1 is 1.25 bits per heavy atom. The highest BCUT2D eigenvalue weighted by atomic mass is 16.5. The van der Waals surface area contributed by atoms with Gasteiger partial charge in [0.2, 0.25) is 5.88 Å². The van der Waals surface area contributed by atoms with Gasteiger partial charge in [0.15, 0.2) is 0 Å². The van der Waals surface area contributed by atoms with Crippen molar-refractivity contribution in [2.45, 2.75) is 13.0 Å². The molecule has 1 atom stereocenters. The zero-order valence-corrected chi connectivity index (χ0v) is 11.5. The molecule has 20 heavy (non-hydrogen) atoms. The molecule has 1 aromatic carbocycles. The van der Waals surface area contributed by atoms with Crippen LogP contribution in [0.2, 0.25) is 0 Å². The Labute approximate surface area is 117 Å². The quantitative estimate of drug-likeness (QED) is 0.612. The Hall–Kier alpha value is -2.18. The summed E-state index contributed by atoms with van der Waals surface area (Å²) in [7, 11) is 1.55. The fourth-order valence-corrected chi connectivity index (χ4v) is 2.01. The van der Waals surface area contributed by atoms with E-state index in [1.807, 2.05) is 31.2 Å². The van der Waals surface area contributed by atoms with Crippen LogP contribution in [0.3, 0.4) is 0 Å². The van der Waals surface area contributed by atoms with Crippen LogP contribution in [0.15, 0.2) is 36.7 Å². The molecule has 0 fully saturated rings. The van der Waals surface area contributed by atoms with Crippen molar-refractivity contribution in [3.05, 3.63) is 47.9 Å². The van der Waals surface area contributed by atoms with Gasteiger partial charge >= 0.3 is 0 Å². The highest BCUT2D eigenvalue weighted by Crippen LogP contribution is 2.31. The zero-order chi connectivity index (χ0) is 14.4. The molecular weight excluding hydrogens is 256 g/mol. The van der Waals surface area contributed by atoms with Crippen LogP contribution in [0.4, 0.5) is 0 Å². The molecule has 0 aliphatic rings. The molecule has 3 N–H and O–H groups in total. The molecule has 0 radical (unpaired) electrons. The second-order valence-corrected chi connectivity index (χ2v) is 4.02. The molecule has 2 rings (SSSR count). The van der Waals surface area contributed by atoms with E-state index in [9.17, 15) is 0 Å². The fraction of sp³-hybridized carbons (Fsp3) is 0.286. The van der Waals surface area contributed by atoms with Crippen LogP contribution >= 0.6 is 0 Å². The molecule has 2 aromatic rings. The lowest BCUT2D eigenvalue weighted by Gasteiger charge is -2.20. The van der Waals surface area contributed by atoms with Gasteiger partial charge in [-0.2, -0.15) is 0 Å². The minimum absolute atomic E-state index is 0.360. The second kappa shape index (κ2) is 6.83. The molecule has 106 valence electrons. The molecule has 0 aliphatic carbocycles. The number of methoxy groups -OCH3 is 1. The monoisotopic (exact) mass is 274 g/mol. The summed E-state index contributed by atoms with van der Waals surface area (Å²) in [5, 5.41) is 0. The lowest BCUT2D eigenvalue weighted by Crippen LogP contribution is -2.30. The highest BCUT2D eigenvalue weighted by Gasteiger charge is 2.22. The van der Waals surface area contributed by atoms with Gasteiger partial charge in [-0.3, -0.25) is 10.8 Å². The summed E-state index contributed by atoms with van der Waals surface area (Å²) in [5.41, 5.74) is 4.25. The third-order valence-electron chi connectivity index (χ3n) is 2.85. The number of hydrogen-bond donors (Lipinski definition) is 2. The number of ether oxygens (including phenoxy) is 2. The van der Waals surface area contributed by atoms with E-state index >= 15 is 0 Å². The molecule has 1 unspecified atom stereocenters. The average Bonchev–Trinajstić information content (AvgIpc) is 2.50. The number of aromatic nitrogens is 2. The third kappa shape index (κ3) is 2.87. The Morgan fingerprint density at radius 3 is 2.70 bits per heavy atom. The van der Waals surface area contributed by atoms with Crippen molar-refractivity contribution in [3.63, 3.8) is 0 Å². The standard InChI is InChI=1S/C14H18N4O2/c1-3-20-11-7-5-4-6-10(11)12(18-15)13-14(19-2)17-9-8-16-13/h4-9,12,18H,3,15H2,1-2H3. The van der Waals surface area contributed by atoms with Gasteiger partial charge in [-0.15, -0.1) is 0 Å².